The number of ether oxygens (including phenoxy) is 1. The van der Waals surface area contributed by atoms with Gasteiger partial charge in [-0.1, -0.05) is 44.2 Å². The zero-order valence-electron chi connectivity index (χ0n) is 13.9. The third-order valence-electron chi connectivity index (χ3n) is 3.67. The smallest absolute Gasteiger partial charge is 0.407 e. The first kappa shape index (κ1) is 19.6. The van der Waals surface area contributed by atoms with Crippen LogP contribution in [0, 0.1) is 11.8 Å². The number of aliphatic hydroxyl groups excluding tert-OH is 1. The van der Waals surface area contributed by atoms with E-state index in [1.165, 1.54) is 6.92 Å². The van der Waals surface area contributed by atoms with Crippen LogP contribution in [0.3, 0.4) is 0 Å². The number of alkyl carbamates (subject to hydrolysis) is 1. The molecule has 0 aliphatic rings. The molecule has 0 radical (unpaired) electrons. The van der Waals surface area contributed by atoms with Crippen LogP contribution in [0.2, 0.25) is 0 Å². The quantitative estimate of drug-likeness (QED) is 0.621. The minimum Gasteiger partial charge on any atom is -0.475 e. The highest BCUT2D eigenvalue weighted by atomic mass is 16.5. The Balaban J connectivity index is 2.60. The number of carboxylic acids is 1. The molecule has 24 heavy (non-hydrogen) atoms. The van der Waals surface area contributed by atoms with Crippen LogP contribution in [0.25, 0.3) is 0 Å². The van der Waals surface area contributed by atoms with Crippen LogP contribution in [0.5, 0.6) is 0 Å². The highest BCUT2D eigenvalue weighted by Crippen LogP contribution is 2.19. The van der Waals surface area contributed by atoms with Crippen molar-refractivity contribution >= 4 is 17.8 Å². The molecule has 7 nitrogen and oxygen atoms in total. The standard InChI is InChI=1S/C17H23NO6/c1-10(2)13(15(20)16(21)22)14(19)11(3)18-17(23)24-9-12-7-5-4-6-8-12/h4-8,10-11,13-14,19H,9H2,1-3H3,(H,18,23)(H,21,22)/t11-,13?,14?/m1/s1. The van der Waals surface area contributed by atoms with Crippen LogP contribution < -0.4 is 5.32 Å². The molecule has 132 valence electrons. The summed E-state index contributed by atoms with van der Waals surface area (Å²) < 4.78 is 5.03. The van der Waals surface area contributed by atoms with Crippen LogP contribution in [-0.4, -0.2) is 40.2 Å². The molecule has 1 aromatic rings. The third-order valence-corrected chi connectivity index (χ3v) is 3.67. The van der Waals surface area contributed by atoms with Crippen molar-refractivity contribution in [2.24, 2.45) is 11.8 Å². The molecule has 3 atom stereocenters. The largest absolute Gasteiger partial charge is 0.475 e. The van der Waals surface area contributed by atoms with E-state index in [9.17, 15) is 19.5 Å². The summed E-state index contributed by atoms with van der Waals surface area (Å²) in [5.41, 5.74) is 0.807. The van der Waals surface area contributed by atoms with Gasteiger partial charge in [-0.05, 0) is 18.4 Å². The van der Waals surface area contributed by atoms with Crippen molar-refractivity contribution < 1.29 is 29.3 Å². The molecule has 0 bridgehead atoms. The fourth-order valence-corrected chi connectivity index (χ4v) is 2.34. The number of carboxylic acid groups (broad SMARTS) is 1. The first-order chi connectivity index (χ1) is 11.2. The van der Waals surface area contributed by atoms with Gasteiger partial charge in [0.25, 0.3) is 0 Å². The van der Waals surface area contributed by atoms with Gasteiger partial charge in [0.1, 0.15) is 6.61 Å². The van der Waals surface area contributed by atoms with Gasteiger partial charge in [-0.15, -0.1) is 0 Å². The topological polar surface area (TPSA) is 113 Å². The minimum absolute atomic E-state index is 0.0666. The molecule has 7 heteroatoms. The maximum atomic E-state index is 11.8. The normalized spacial score (nSPS) is 14.5. The number of rotatable bonds is 8. The van der Waals surface area contributed by atoms with Gasteiger partial charge in [-0.25, -0.2) is 9.59 Å². The van der Waals surface area contributed by atoms with E-state index in [4.69, 9.17) is 9.84 Å². The Morgan fingerprint density at radius 3 is 2.21 bits per heavy atom. The maximum Gasteiger partial charge on any atom is 0.407 e. The summed E-state index contributed by atoms with van der Waals surface area (Å²) in [6.45, 7) is 4.82. The molecule has 1 amide bonds. The number of amides is 1. The molecule has 0 aromatic heterocycles. The van der Waals surface area contributed by atoms with Crippen molar-refractivity contribution in [2.45, 2.75) is 39.5 Å². The molecule has 0 aliphatic carbocycles. The minimum atomic E-state index is -1.60. The SMILES string of the molecule is CC(C)C(C(=O)C(=O)O)C(O)[C@@H](C)NC(=O)OCc1ccccc1. The first-order valence-corrected chi connectivity index (χ1v) is 7.66. The summed E-state index contributed by atoms with van der Waals surface area (Å²) in [7, 11) is 0. The summed E-state index contributed by atoms with van der Waals surface area (Å²) in [6, 6.07) is 8.22. The Labute approximate surface area is 140 Å². The fraction of sp³-hybridized carbons (Fsp3) is 0.471. The Morgan fingerprint density at radius 2 is 1.71 bits per heavy atom. The van der Waals surface area contributed by atoms with E-state index in [0.29, 0.717) is 0 Å². The second-order valence-electron chi connectivity index (χ2n) is 5.92. The summed E-state index contributed by atoms with van der Waals surface area (Å²) in [6.07, 6.45) is -2.09. The van der Waals surface area contributed by atoms with E-state index < -0.39 is 41.8 Å². The molecule has 1 aromatic carbocycles. The number of hydrogen-bond donors (Lipinski definition) is 3. The lowest BCUT2D eigenvalue weighted by molar-refractivity contribution is -0.154. The average Bonchev–Trinajstić information content (AvgIpc) is 2.53. The highest BCUT2D eigenvalue weighted by Gasteiger charge is 2.37. The summed E-state index contributed by atoms with van der Waals surface area (Å²) >= 11 is 0. The molecular weight excluding hydrogens is 314 g/mol. The second kappa shape index (κ2) is 9.02. The van der Waals surface area contributed by atoms with Gasteiger partial charge in [-0.3, -0.25) is 4.79 Å². The zero-order chi connectivity index (χ0) is 18.3. The highest BCUT2D eigenvalue weighted by molar-refractivity contribution is 6.33. The first-order valence-electron chi connectivity index (χ1n) is 7.66. The lowest BCUT2D eigenvalue weighted by Gasteiger charge is -2.28. The van der Waals surface area contributed by atoms with Gasteiger partial charge in [0.05, 0.1) is 18.1 Å². The Hall–Kier alpha value is -2.41. The van der Waals surface area contributed by atoms with E-state index >= 15 is 0 Å². The number of ketones is 1. The Morgan fingerprint density at radius 1 is 1.12 bits per heavy atom. The van der Waals surface area contributed by atoms with Crippen LogP contribution in [0.1, 0.15) is 26.3 Å². The molecule has 0 aliphatic heterocycles. The number of aliphatic hydroxyl groups is 1. The van der Waals surface area contributed by atoms with Crippen molar-refractivity contribution in [1.29, 1.82) is 0 Å². The fourth-order valence-electron chi connectivity index (χ4n) is 2.34. The number of aliphatic carboxylic acids is 1. The van der Waals surface area contributed by atoms with Gasteiger partial charge in [0.15, 0.2) is 0 Å². The van der Waals surface area contributed by atoms with Crippen LogP contribution in [-0.2, 0) is 20.9 Å². The Bertz CT molecular complexity index is 572. The van der Waals surface area contributed by atoms with Crippen LogP contribution in [0.15, 0.2) is 30.3 Å². The van der Waals surface area contributed by atoms with Gasteiger partial charge in [0.2, 0.25) is 5.78 Å². The average molecular weight is 337 g/mol. The molecule has 1 rings (SSSR count). The van der Waals surface area contributed by atoms with Gasteiger partial charge < -0.3 is 20.3 Å². The molecule has 0 fully saturated rings. The summed E-state index contributed by atoms with van der Waals surface area (Å²) in [4.78, 5) is 34.4. The predicted octanol–water partition coefficient (Wildman–Crippen LogP) is 1.59. The summed E-state index contributed by atoms with van der Waals surface area (Å²) in [5.74, 6) is -4.20. The molecule has 0 heterocycles. The van der Waals surface area contributed by atoms with Gasteiger partial charge in [0, 0.05) is 0 Å². The van der Waals surface area contributed by atoms with Crippen LogP contribution >= 0.6 is 0 Å². The maximum absolute atomic E-state index is 11.8. The number of carbonyl (C=O) groups is 3. The van der Waals surface area contributed by atoms with E-state index in [1.807, 2.05) is 18.2 Å². The van der Waals surface area contributed by atoms with Crippen LogP contribution in [0.4, 0.5) is 4.79 Å². The number of Topliss-reactive ketones (excluding diaryl/α,β-unsaturated/α-hetero) is 1. The van der Waals surface area contributed by atoms with Crippen molar-refractivity contribution in [3.05, 3.63) is 35.9 Å². The Kier molecular flexibility index (Phi) is 7.38. The number of hydrogen-bond acceptors (Lipinski definition) is 5. The summed E-state index contributed by atoms with van der Waals surface area (Å²) in [5, 5.41) is 21.5. The lowest BCUT2D eigenvalue weighted by atomic mass is 9.83. The van der Waals surface area contributed by atoms with E-state index in [0.717, 1.165) is 5.56 Å². The molecule has 3 N–H and O–H groups in total. The second-order valence-corrected chi connectivity index (χ2v) is 5.92. The number of benzene rings is 1. The molecule has 0 saturated heterocycles. The molecule has 0 spiro atoms. The molecule has 2 unspecified atom stereocenters. The van der Waals surface area contributed by atoms with Crippen molar-refractivity contribution in [2.75, 3.05) is 0 Å². The predicted molar refractivity (Wildman–Crippen MR) is 86.2 cm³/mol. The third kappa shape index (κ3) is 5.66. The van der Waals surface area contributed by atoms with Crippen molar-refractivity contribution in [3.8, 4) is 0 Å². The van der Waals surface area contributed by atoms with Crippen molar-refractivity contribution in [3.63, 3.8) is 0 Å². The van der Waals surface area contributed by atoms with E-state index in [1.54, 1.807) is 26.0 Å². The molecular formula is C17H23NO6. The molecule has 0 saturated carbocycles. The van der Waals surface area contributed by atoms with Gasteiger partial charge >= 0.3 is 12.1 Å². The monoisotopic (exact) mass is 337 g/mol. The lowest BCUT2D eigenvalue weighted by Crippen LogP contribution is -2.49. The van der Waals surface area contributed by atoms with E-state index in [-0.39, 0.29) is 6.61 Å². The van der Waals surface area contributed by atoms with Crippen molar-refractivity contribution in [1.82, 2.24) is 5.32 Å². The number of nitrogens with one attached hydrogen (secondary N) is 1. The van der Waals surface area contributed by atoms with Gasteiger partial charge in [-0.2, -0.15) is 0 Å². The van der Waals surface area contributed by atoms with E-state index in [2.05, 4.69) is 5.32 Å². The number of carbonyl (C=O) groups excluding carboxylic acids is 2. The zero-order valence-corrected chi connectivity index (χ0v) is 13.9.